The van der Waals surface area contributed by atoms with E-state index < -0.39 is 11.7 Å². The Morgan fingerprint density at radius 3 is 2.56 bits per heavy atom. The SMILES string of the molecule is Oc1ccc2ccccc2c1/C=N\Nc1cc(C(F)(F)F)ccc1Cl. The van der Waals surface area contributed by atoms with E-state index in [1.807, 2.05) is 24.3 Å². The summed E-state index contributed by atoms with van der Waals surface area (Å²) in [4.78, 5) is 0. The Bertz CT molecular complexity index is 955. The smallest absolute Gasteiger partial charge is 0.416 e. The van der Waals surface area contributed by atoms with Crippen LogP contribution in [0, 0.1) is 0 Å². The van der Waals surface area contributed by atoms with Gasteiger partial charge in [-0.25, -0.2) is 0 Å². The molecule has 0 fully saturated rings. The summed E-state index contributed by atoms with van der Waals surface area (Å²) in [5.41, 5.74) is 2.13. The molecule has 3 rings (SSSR count). The molecule has 0 aliphatic carbocycles. The standard InChI is InChI=1S/C18H12ClF3N2O/c19-15-7-6-12(18(20,21)22)9-16(15)24-23-10-14-13-4-2-1-3-11(13)5-8-17(14)25/h1-10,24-25H/b23-10-. The third kappa shape index (κ3) is 3.69. The van der Waals surface area contributed by atoms with Crippen molar-refractivity contribution in [2.24, 2.45) is 5.10 Å². The second-order valence-corrected chi connectivity index (χ2v) is 5.69. The van der Waals surface area contributed by atoms with Gasteiger partial charge in [-0.2, -0.15) is 18.3 Å². The van der Waals surface area contributed by atoms with Gasteiger partial charge in [-0.3, -0.25) is 5.43 Å². The fraction of sp³-hybridized carbons (Fsp3) is 0.0556. The van der Waals surface area contributed by atoms with Gasteiger partial charge < -0.3 is 5.11 Å². The third-order valence-corrected chi connectivity index (χ3v) is 3.95. The van der Waals surface area contributed by atoms with Crippen molar-refractivity contribution in [3.05, 3.63) is 70.7 Å². The number of aromatic hydroxyl groups is 1. The second-order valence-electron chi connectivity index (χ2n) is 5.28. The highest BCUT2D eigenvalue weighted by atomic mass is 35.5. The van der Waals surface area contributed by atoms with Gasteiger partial charge in [0, 0.05) is 5.56 Å². The summed E-state index contributed by atoms with van der Waals surface area (Å²) in [6.07, 6.45) is -3.13. The zero-order chi connectivity index (χ0) is 18.0. The quantitative estimate of drug-likeness (QED) is 0.465. The van der Waals surface area contributed by atoms with Crippen molar-refractivity contribution in [2.75, 3.05) is 5.43 Å². The number of nitrogens with one attached hydrogen (secondary N) is 1. The van der Waals surface area contributed by atoms with Gasteiger partial charge in [0.25, 0.3) is 0 Å². The van der Waals surface area contributed by atoms with Crippen molar-refractivity contribution >= 4 is 34.3 Å². The Kier molecular flexibility index (Phi) is 4.55. The number of benzene rings is 3. The Labute approximate surface area is 146 Å². The molecule has 3 nitrogen and oxygen atoms in total. The topological polar surface area (TPSA) is 44.6 Å². The van der Waals surface area contributed by atoms with Crippen LogP contribution in [0.15, 0.2) is 59.7 Å². The molecule has 0 spiro atoms. The molecule has 0 radical (unpaired) electrons. The van der Waals surface area contributed by atoms with E-state index in [1.165, 1.54) is 12.3 Å². The number of nitrogens with zero attached hydrogens (tertiary/aromatic N) is 1. The first-order valence-electron chi connectivity index (χ1n) is 7.23. The van der Waals surface area contributed by atoms with Crippen LogP contribution in [0.3, 0.4) is 0 Å². The number of phenols is 1. The summed E-state index contributed by atoms with van der Waals surface area (Å²) in [6, 6.07) is 13.6. The van der Waals surface area contributed by atoms with Crippen LogP contribution in [0.2, 0.25) is 5.02 Å². The molecule has 128 valence electrons. The molecule has 0 bridgehead atoms. The van der Waals surface area contributed by atoms with E-state index in [4.69, 9.17) is 11.6 Å². The highest BCUT2D eigenvalue weighted by Crippen LogP contribution is 2.34. The molecule has 7 heteroatoms. The highest BCUT2D eigenvalue weighted by Gasteiger charge is 2.30. The van der Waals surface area contributed by atoms with Gasteiger partial charge in [0.05, 0.1) is 22.5 Å². The largest absolute Gasteiger partial charge is 0.507 e. The lowest BCUT2D eigenvalue weighted by atomic mass is 10.0. The molecule has 2 N–H and O–H groups in total. The lowest BCUT2D eigenvalue weighted by molar-refractivity contribution is -0.137. The fourth-order valence-electron chi connectivity index (χ4n) is 2.37. The van der Waals surface area contributed by atoms with E-state index in [0.29, 0.717) is 5.56 Å². The van der Waals surface area contributed by atoms with Crippen molar-refractivity contribution in [2.45, 2.75) is 6.18 Å². The minimum atomic E-state index is -4.47. The lowest BCUT2D eigenvalue weighted by Crippen LogP contribution is -2.05. The van der Waals surface area contributed by atoms with E-state index in [2.05, 4.69) is 10.5 Å². The molecule has 0 saturated carbocycles. The van der Waals surface area contributed by atoms with Gasteiger partial charge in [-0.05, 0) is 35.0 Å². The van der Waals surface area contributed by atoms with Gasteiger partial charge in [0.15, 0.2) is 0 Å². The third-order valence-electron chi connectivity index (χ3n) is 3.62. The van der Waals surface area contributed by atoms with Gasteiger partial charge in [0.2, 0.25) is 0 Å². The van der Waals surface area contributed by atoms with Gasteiger partial charge in [0.1, 0.15) is 5.75 Å². The zero-order valence-corrected chi connectivity index (χ0v) is 13.4. The Morgan fingerprint density at radius 1 is 1.04 bits per heavy atom. The molecule has 0 aliphatic heterocycles. The van der Waals surface area contributed by atoms with Crippen LogP contribution in [0.5, 0.6) is 5.75 Å². The summed E-state index contributed by atoms with van der Waals surface area (Å²) in [6.45, 7) is 0. The summed E-state index contributed by atoms with van der Waals surface area (Å²) < 4.78 is 38.3. The first-order chi connectivity index (χ1) is 11.9. The van der Waals surface area contributed by atoms with Crippen LogP contribution < -0.4 is 5.43 Å². The van der Waals surface area contributed by atoms with E-state index in [0.717, 1.165) is 29.0 Å². The van der Waals surface area contributed by atoms with Crippen LogP contribution in [0.4, 0.5) is 18.9 Å². The van der Waals surface area contributed by atoms with Crippen molar-refractivity contribution in [3.63, 3.8) is 0 Å². The first kappa shape index (κ1) is 17.1. The summed E-state index contributed by atoms with van der Waals surface area (Å²) in [7, 11) is 0. The summed E-state index contributed by atoms with van der Waals surface area (Å²) >= 11 is 5.90. The van der Waals surface area contributed by atoms with Crippen molar-refractivity contribution < 1.29 is 18.3 Å². The number of alkyl halides is 3. The molecule has 25 heavy (non-hydrogen) atoms. The maximum Gasteiger partial charge on any atom is 0.416 e. The molecule has 0 heterocycles. The summed E-state index contributed by atoms with van der Waals surface area (Å²) in [5.74, 6) is 0.0133. The maximum atomic E-state index is 12.8. The number of hydrogen-bond acceptors (Lipinski definition) is 3. The Morgan fingerprint density at radius 2 is 1.80 bits per heavy atom. The molecule has 0 amide bonds. The van der Waals surface area contributed by atoms with Gasteiger partial charge >= 0.3 is 6.18 Å². The van der Waals surface area contributed by atoms with Crippen LogP contribution in [0.25, 0.3) is 10.8 Å². The number of rotatable bonds is 3. The van der Waals surface area contributed by atoms with E-state index in [-0.39, 0.29) is 16.5 Å². The minimum absolute atomic E-state index is 0.0133. The predicted molar refractivity (Wildman–Crippen MR) is 93.3 cm³/mol. The molecule has 0 aliphatic rings. The maximum absolute atomic E-state index is 12.8. The molecule has 3 aromatic rings. The van der Waals surface area contributed by atoms with E-state index in [9.17, 15) is 18.3 Å². The minimum Gasteiger partial charge on any atom is -0.507 e. The van der Waals surface area contributed by atoms with E-state index >= 15 is 0 Å². The number of halogens is 4. The zero-order valence-electron chi connectivity index (χ0n) is 12.7. The molecule has 0 aromatic heterocycles. The number of hydrazone groups is 1. The van der Waals surface area contributed by atoms with E-state index in [1.54, 1.807) is 6.07 Å². The number of hydrogen-bond donors (Lipinski definition) is 2. The normalized spacial score (nSPS) is 12.0. The number of anilines is 1. The summed E-state index contributed by atoms with van der Waals surface area (Å²) in [5, 5.41) is 15.7. The fourth-order valence-corrected chi connectivity index (χ4v) is 2.53. The van der Waals surface area contributed by atoms with Crippen molar-refractivity contribution in [1.82, 2.24) is 0 Å². The molecule has 0 atom stereocenters. The monoisotopic (exact) mass is 364 g/mol. The molecular formula is C18H12ClF3N2O. The molecular weight excluding hydrogens is 353 g/mol. The molecule has 3 aromatic carbocycles. The lowest BCUT2D eigenvalue weighted by Gasteiger charge is -2.10. The van der Waals surface area contributed by atoms with Crippen LogP contribution in [-0.4, -0.2) is 11.3 Å². The first-order valence-corrected chi connectivity index (χ1v) is 7.60. The molecule has 0 unspecified atom stereocenters. The van der Waals surface area contributed by atoms with Crippen LogP contribution in [0.1, 0.15) is 11.1 Å². The Hall–Kier alpha value is -2.73. The van der Waals surface area contributed by atoms with Crippen molar-refractivity contribution in [1.29, 1.82) is 0 Å². The number of fused-ring (bicyclic) bond motifs is 1. The highest BCUT2D eigenvalue weighted by molar-refractivity contribution is 6.33. The molecule has 0 saturated heterocycles. The van der Waals surface area contributed by atoms with Crippen LogP contribution in [-0.2, 0) is 6.18 Å². The van der Waals surface area contributed by atoms with Gasteiger partial charge in [-0.15, -0.1) is 0 Å². The Balaban J connectivity index is 1.91. The van der Waals surface area contributed by atoms with Crippen LogP contribution >= 0.6 is 11.6 Å². The average molecular weight is 365 g/mol. The average Bonchev–Trinajstić information content (AvgIpc) is 2.57. The second kappa shape index (κ2) is 6.64. The van der Waals surface area contributed by atoms with Gasteiger partial charge in [-0.1, -0.05) is 41.9 Å². The predicted octanol–water partition coefficient (Wildman–Crippen LogP) is 5.66. The van der Waals surface area contributed by atoms with Crippen molar-refractivity contribution in [3.8, 4) is 5.75 Å². The number of phenolic OH excluding ortho intramolecular Hbond substituents is 1.